The molecule has 0 saturated carbocycles. The molecule has 9 nitrogen and oxygen atoms in total. The highest BCUT2D eigenvalue weighted by Gasteiger charge is 2.37. The fraction of sp³-hybridized carbons (Fsp3) is 0.900. The predicted octanol–water partition coefficient (Wildman–Crippen LogP) is -0.464. The van der Waals surface area contributed by atoms with Gasteiger partial charge in [-0.05, 0) is 13.3 Å². The molecule has 20 heavy (non-hydrogen) atoms. The van der Waals surface area contributed by atoms with Gasteiger partial charge in [-0.15, -0.1) is 0 Å². The number of hydrogen-bond donors (Lipinski definition) is 0. The molecule has 0 amide bonds. The van der Waals surface area contributed by atoms with Crippen molar-refractivity contribution in [1.82, 2.24) is 9.21 Å². The summed E-state index contributed by atoms with van der Waals surface area (Å²) in [6.45, 7) is 3.67. The lowest BCUT2D eigenvalue weighted by Gasteiger charge is -2.21. The van der Waals surface area contributed by atoms with E-state index in [0.29, 0.717) is 19.7 Å². The first-order chi connectivity index (χ1) is 9.27. The zero-order chi connectivity index (χ0) is 14.9. The van der Waals surface area contributed by atoms with Gasteiger partial charge in [0.05, 0.1) is 25.5 Å². The number of hydrogen-bond acceptors (Lipinski definition) is 5. The summed E-state index contributed by atoms with van der Waals surface area (Å²) in [5.74, 6) is 0.138. The van der Waals surface area contributed by atoms with E-state index in [4.69, 9.17) is 4.74 Å². The van der Waals surface area contributed by atoms with Gasteiger partial charge in [0.15, 0.2) is 5.03 Å². The molecule has 0 N–H and O–H groups in total. The van der Waals surface area contributed by atoms with Crippen molar-refractivity contribution < 1.29 is 18.2 Å². The van der Waals surface area contributed by atoms with Crippen molar-refractivity contribution in [1.29, 1.82) is 0 Å². The lowest BCUT2D eigenvalue weighted by Crippen LogP contribution is -2.39. The fourth-order valence-electron chi connectivity index (χ4n) is 2.59. The molecule has 114 valence electrons. The quantitative estimate of drug-likeness (QED) is 0.514. The van der Waals surface area contributed by atoms with E-state index in [1.54, 1.807) is 4.90 Å². The van der Waals surface area contributed by atoms with E-state index in [1.165, 1.54) is 0 Å². The Labute approximate surface area is 117 Å². The maximum Gasteiger partial charge on any atom is 0.287 e. The lowest BCUT2D eigenvalue weighted by atomic mass is 10.1. The Morgan fingerprint density at radius 1 is 1.50 bits per heavy atom. The van der Waals surface area contributed by atoms with Gasteiger partial charge in [-0.1, -0.05) is 0 Å². The van der Waals surface area contributed by atoms with Crippen molar-refractivity contribution in [2.24, 2.45) is 11.0 Å². The van der Waals surface area contributed by atoms with E-state index in [-0.39, 0.29) is 24.5 Å². The Morgan fingerprint density at radius 2 is 2.20 bits per heavy atom. The van der Waals surface area contributed by atoms with Crippen LogP contribution in [0.25, 0.3) is 0 Å². The van der Waals surface area contributed by atoms with Crippen LogP contribution in [0.2, 0.25) is 0 Å². The molecule has 2 heterocycles. The van der Waals surface area contributed by atoms with Crippen molar-refractivity contribution in [2.75, 3.05) is 32.5 Å². The summed E-state index contributed by atoms with van der Waals surface area (Å²) in [6, 6.07) is 0. The van der Waals surface area contributed by atoms with Crippen molar-refractivity contribution in [2.45, 2.75) is 19.4 Å². The zero-order valence-corrected chi connectivity index (χ0v) is 12.2. The Bertz CT molecular complexity index is 520. The number of hydrazone groups is 1. The van der Waals surface area contributed by atoms with Crippen LogP contribution >= 0.6 is 0 Å². The first-order valence-electron chi connectivity index (χ1n) is 6.34. The highest BCUT2D eigenvalue weighted by Crippen LogP contribution is 2.22. The molecule has 0 aromatic heterocycles. The molecule has 0 aliphatic carbocycles. The number of rotatable bonds is 4. The molecule has 10 heteroatoms. The maximum absolute atomic E-state index is 11.6. The summed E-state index contributed by atoms with van der Waals surface area (Å²) in [6.07, 6.45) is 2.05. The summed E-state index contributed by atoms with van der Waals surface area (Å²) in [5.41, 5.74) is 0. The van der Waals surface area contributed by atoms with Crippen LogP contribution in [-0.2, 0) is 14.8 Å². The van der Waals surface area contributed by atoms with Gasteiger partial charge in [-0.2, -0.15) is 0 Å². The second-order valence-corrected chi connectivity index (χ2v) is 7.07. The van der Waals surface area contributed by atoms with Gasteiger partial charge in [-0.3, -0.25) is 0 Å². The Hall–Kier alpha value is -1.42. The highest BCUT2D eigenvalue weighted by atomic mass is 32.2. The number of ether oxygens (including phenoxy) is 1. The van der Waals surface area contributed by atoms with Gasteiger partial charge in [-0.25, -0.2) is 22.8 Å². The molecule has 2 aliphatic heterocycles. The Morgan fingerprint density at radius 3 is 2.70 bits per heavy atom. The van der Waals surface area contributed by atoms with Gasteiger partial charge < -0.3 is 9.64 Å². The van der Waals surface area contributed by atoms with E-state index in [1.807, 2.05) is 6.92 Å². The average molecular weight is 306 g/mol. The first-order valence-corrected chi connectivity index (χ1v) is 8.19. The molecule has 2 saturated heterocycles. The monoisotopic (exact) mass is 306 g/mol. The van der Waals surface area contributed by atoms with Gasteiger partial charge in [0, 0.05) is 19.0 Å². The molecule has 2 atom stereocenters. The van der Waals surface area contributed by atoms with E-state index in [2.05, 4.69) is 5.10 Å². The lowest BCUT2D eigenvalue weighted by molar-refractivity contribution is -0.486. The fourth-order valence-corrected chi connectivity index (χ4v) is 3.45. The standard InChI is InChI=1S/C10H18N4O5S/c1-8-5-9(7-19-8)6-12-3-4-13(20(2,17)18)10(12)11-14(15)16/h8-9H,3-7H2,1-2H3. The maximum atomic E-state index is 11.6. The second kappa shape index (κ2) is 5.52. The number of sulfonamides is 1. The van der Waals surface area contributed by atoms with E-state index >= 15 is 0 Å². The molecule has 0 spiro atoms. The van der Waals surface area contributed by atoms with Crippen LogP contribution in [0.4, 0.5) is 0 Å². The van der Waals surface area contributed by atoms with E-state index < -0.39 is 15.1 Å². The SMILES string of the molecule is CC1CC(CN2CCN(S(C)(=O)=O)C2=N[N+](=O)[O-])CO1. The van der Waals surface area contributed by atoms with Crippen LogP contribution in [0.1, 0.15) is 13.3 Å². The topological polar surface area (TPSA) is 105 Å². The zero-order valence-electron chi connectivity index (χ0n) is 11.4. The van der Waals surface area contributed by atoms with Gasteiger partial charge in [0.2, 0.25) is 10.0 Å². The largest absolute Gasteiger partial charge is 0.378 e. The molecular weight excluding hydrogens is 288 g/mol. The Balaban J connectivity index is 2.14. The molecule has 0 bridgehead atoms. The van der Waals surface area contributed by atoms with Crippen molar-refractivity contribution in [3.05, 3.63) is 10.1 Å². The van der Waals surface area contributed by atoms with Crippen molar-refractivity contribution >= 4 is 16.0 Å². The summed E-state index contributed by atoms with van der Waals surface area (Å²) in [4.78, 5) is 12.3. The van der Waals surface area contributed by atoms with E-state index in [0.717, 1.165) is 17.0 Å². The molecule has 2 fully saturated rings. The summed E-state index contributed by atoms with van der Waals surface area (Å²) < 4.78 is 29.7. The molecular formula is C10H18N4O5S. The number of guanidine groups is 1. The molecule has 2 unspecified atom stereocenters. The summed E-state index contributed by atoms with van der Waals surface area (Å²) >= 11 is 0. The van der Waals surface area contributed by atoms with Gasteiger partial charge in [0.25, 0.3) is 5.96 Å². The van der Waals surface area contributed by atoms with Crippen LogP contribution < -0.4 is 0 Å². The third-order valence-electron chi connectivity index (χ3n) is 3.41. The normalized spacial score (nSPS) is 29.4. The third-order valence-corrected chi connectivity index (χ3v) is 4.56. The van der Waals surface area contributed by atoms with Gasteiger partial charge in [0.1, 0.15) is 5.10 Å². The van der Waals surface area contributed by atoms with E-state index in [9.17, 15) is 18.5 Å². The highest BCUT2D eigenvalue weighted by molar-refractivity contribution is 7.88. The molecule has 0 aromatic rings. The van der Waals surface area contributed by atoms with Crippen LogP contribution in [0.5, 0.6) is 0 Å². The van der Waals surface area contributed by atoms with Crippen LogP contribution in [0.3, 0.4) is 0 Å². The second-order valence-electron chi connectivity index (χ2n) is 5.16. The number of nitrogens with zero attached hydrogens (tertiary/aromatic N) is 4. The van der Waals surface area contributed by atoms with Crippen LogP contribution in [0.15, 0.2) is 5.10 Å². The van der Waals surface area contributed by atoms with Crippen molar-refractivity contribution in [3.8, 4) is 0 Å². The summed E-state index contributed by atoms with van der Waals surface area (Å²) in [7, 11) is -3.55. The minimum atomic E-state index is -3.55. The Kier molecular flexibility index (Phi) is 4.14. The van der Waals surface area contributed by atoms with Crippen LogP contribution in [0, 0.1) is 16.0 Å². The van der Waals surface area contributed by atoms with Crippen molar-refractivity contribution in [3.63, 3.8) is 0 Å². The molecule has 0 aromatic carbocycles. The third kappa shape index (κ3) is 3.37. The number of nitro groups is 1. The minimum absolute atomic E-state index is 0.1000. The van der Waals surface area contributed by atoms with Crippen LogP contribution in [-0.4, -0.2) is 67.2 Å². The summed E-state index contributed by atoms with van der Waals surface area (Å²) in [5, 5.41) is 13.0. The van der Waals surface area contributed by atoms with Gasteiger partial charge >= 0.3 is 0 Å². The predicted molar refractivity (Wildman–Crippen MR) is 71.1 cm³/mol. The minimum Gasteiger partial charge on any atom is -0.378 e. The first kappa shape index (κ1) is 15.0. The average Bonchev–Trinajstić information content (AvgIpc) is 2.86. The molecule has 2 aliphatic rings. The molecule has 0 radical (unpaired) electrons. The molecule has 2 rings (SSSR count). The smallest absolute Gasteiger partial charge is 0.287 e.